The highest BCUT2D eigenvalue weighted by atomic mass is 19.4. The van der Waals surface area contributed by atoms with Gasteiger partial charge in [0, 0.05) is 31.7 Å². The van der Waals surface area contributed by atoms with Crippen molar-refractivity contribution in [3.8, 4) is 0 Å². The molecule has 4 nitrogen and oxygen atoms in total. The number of alkyl halides is 3. The molecule has 0 aromatic heterocycles. The van der Waals surface area contributed by atoms with E-state index in [2.05, 4.69) is 6.92 Å². The van der Waals surface area contributed by atoms with E-state index in [0.717, 1.165) is 25.0 Å². The van der Waals surface area contributed by atoms with Gasteiger partial charge in [-0.25, -0.2) is 0 Å². The van der Waals surface area contributed by atoms with Crippen LogP contribution in [-0.4, -0.2) is 36.3 Å². The SMILES string of the molecule is CC1CCCN(C(=O)C2CC(=O)N(c3ccc(C(F)(F)F)cc3)C2)C1. The van der Waals surface area contributed by atoms with Gasteiger partial charge in [0.15, 0.2) is 0 Å². The Morgan fingerprint density at radius 1 is 1.16 bits per heavy atom. The molecule has 7 heteroatoms. The molecule has 0 N–H and O–H groups in total. The fourth-order valence-corrected chi connectivity index (χ4v) is 3.60. The van der Waals surface area contributed by atoms with Crippen molar-refractivity contribution < 1.29 is 22.8 Å². The average Bonchev–Trinajstić information content (AvgIpc) is 2.95. The summed E-state index contributed by atoms with van der Waals surface area (Å²) in [6, 6.07) is 4.50. The second kappa shape index (κ2) is 6.69. The number of rotatable bonds is 2. The van der Waals surface area contributed by atoms with Crippen molar-refractivity contribution in [3.05, 3.63) is 29.8 Å². The number of halogens is 3. The molecule has 0 radical (unpaired) electrons. The molecule has 25 heavy (non-hydrogen) atoms. The van der Waals surface area contributed by atoms with E-state index in [1.165, 1.54) is 17.0 Å². The van der Waals surface area contributed by atoms with Crippen LogP contribution in [0.3, 0.4) is 0 Å². The quantitative estimate of drug-likeness (QED) is 0.818. The lowest BCUT2D eigenvalue weighted by atomic mass is 9.98. The largest absolute Gasteiger partial charge is 0.416 e. The van der Waals surface area contributed by atoms with Gasteiger partial charge in [0.05, 0.1) is 11.5 Å². The predicted octanol–water partition coefficient (Wildman–Crippen LogP) is 3.32. The Bertz CT molecular complexity index is 657. The molecule has 1 aromatic carbocycles. The number of nitrogens with zero attached hydrogens (tertiary/aromatic N) is 2. The minimum absolute atomic E-state index is 0.0192. The van der Waals surface area contributed by atoms with E-state index in [1.54, 1.807) is 0 Å². The second-order valence-corrected chi connectivity index (χ2v) is 6.98. The number of carbonyl (C=O) groups is 2. The van der Waals surface area contributed by atoms with Crippen molar-refractivity contribution in [2.75, 3.05) is 24.5 Å². The maximum absolute atomic E-state index is 12.7. The Morgan fingerprint density at radius 2 is 1.84 bits per heavy atom. The summed E-state index contributed by atoms with van der Waals surface area (Å²) < 4.78 is 37.9. The van der Waals surface area contributed by atoms with Crippen LogP contribution in [0.5, 0.6) is 0 Å². The summed E-state index contributed by atoms with van der Waals surface area (Å²) in [5, 5.41) is 0. The summed E-state index contributed by atoms with van der Waals surface area (Å²) in [6.45, 7) is 3.76. The summed E-state index contributed by atoms with van der Waals surface area (Å²) in [5.74, 6) is -0.196. The highest BCUT2D eigenvalue weighted by Crippen LogP contribution is 2.32. The van der Waals surface area contributed by atoms with Crippen molar-refractivity contribution in [2.24, 2.45) is 11.8 Å². The van der Waals surface area contributed by atoms with E-state index < -0.39 is 17.7 Å². The van der Waals surface area contributed by atoms with Crippen LogP contribution >= 0.6 is 0 Å². The fourth-order valence-electron chi connectivity index (χ4n) is 3.60. The first kappa shape index (κ1) is 17.8. The van der Waals surface area contributed by atoms with Crippen LogP contribution in [0.1, 0.15) is 31.7 Å². The van der Waals surface area contributed by atoms with E-state index in [1.807, 2.05) is 4.90 Å². The standard InChI is InChI=1S/C18H21F3N2O2/c1-12-3-2-8-22(10-12)17(25)13-9-16(24)23(11-13)15-6-4-14(5-7-15)18(19,20)21/h4-7,12-13H,2-3,8-11H2,1H3. The van der Waals surface area contributed by atoms with Gasteiger partial charge in [-0.2, -0.15) is 13.2 Å². The van der Waals surface area contributed by atoms with Crippen LogP contribution in [0, 0.1) is 11.8 Å². The van der Waals surface area contributed by atoms with Crippen molar-refractivity contribution in [1.82, 2.24) is 4.90 Å². The molecule has 2 amide bonds. The molecule has 1 aromatic rings. The van der Waals surface area contributed by atoms with Gasteiger partial charge in [-0.3, -0.25) is 9.59 Å². The molecule has 0 saturated carbocycles. The van der Waals surface area contributed by atoms with E-state index in [4.69, 9.17) is 0 Å². The van der Waals surface area contributed by atoms with Crippen molar-refractivity contribution in [2.45, 2.75) is 32.4 Å². The number of amides is 2. The Labute approximate surface area is 144 Å². The lowest BCUT2D eigenvalue weighted by molar-refractivity contribution is -0.138. The minimum atomic E-state index is -4.41. The maximum Gasteiger partial charge on any atom is 0.416 e. The van der Waals surface area contributed by atoms with Crippen LogP contribution in [0.15, 0.2) is 24.3 Å². The van der Waals surface area contributed by atoms with E-state index >= 15 is 0 Å². The first-order chi connectivity index (χ1) is 11.8. The van der Waals surface area contributed by atoms with Crippen LogP contribution < -0.4 is 4.90 Å². The van der Waals surface area contributed by atoms with Crippen molar-refractivity contribution in [1.29, 1.82) is 0 Å². The number of carbonyl (C=O) groups excluding carboxylic acids is 2. The molecule has 136 valence electrons. The molecular formula is C18H21F3N2O2. The normalized spacial score (nSPS) is 24.7. The number of hydrogen-bond acceptors (Lipinski definition) is 2. The molecule has 2 heterocycles. The molecule has 2 unspecified atom stereocenters. The van der Waals surface area contributed by atoms with Crippen LogP contribution in [0.4, 0.5) is 18.9 Å². The monoisotopic (exact) mass is 354 g/mol. The average molecular weight is 354 g/mol. The third-order valence-corrected chi connectivity index (χ3v) is 4.95. The topological polar surface area (TPSA) is 40.6 Å². The van der Waals surface area contributed by atoms with Gasteiger partial charge in [0.25, 0.3) is 0 Å². The van der Waals surface area contributed by atoms with E-state index in [-0.39, 0.29) is 24.8 Å². The number of likely N-dealkylation sites (tertiary alicyclic amines) is 1. The molecule has 3 rings (SSSR count). The lowest BCUT2D eigenvalue weighted by Crippen LogP contribution is -2.43. The predicted molar refractivity (Wildman–Crippen MR) is 86.9 cm³/mol. The number of anilines is 1. The number of hydrogen-bond donors (Lipinski definition) is 0. The van der Waals surface area contributed by atoms with Gasteiger partial charge in [-0.1, -0.05) is 6.92 Å². The van der Waals surface area contributed by atoms with Crippen LogP contribution in [-0.2, 0) is 15.8 Å². The van der Waals surface area contributed by atoms with Crippen molar-refractivity contribution >= 4 is 17.5 Å². The first-order valence-corrected chi connectivity index (χ1v) is 8.52. The number of piperidine rings is 1. The third kappa shape index (κ3) is 3.80. The zero-order valence-electron chi connectivity index (χ0n) is 14.1. The highest BCUT2D eigenvalue weighted by Gasteiger charge is 2.38. The Balaban J connectivity index is 1.69. The summed E-state index contributed by atoms with van der Waals surface area (Å²) in [5.41, 5.74) is -0.349. The number of benzene rings is 1. The highest BCUT2D eigenvalue weighted by molar-refractivity contribution is 6.00. The van der Waals surface area contributed by atoms with Crippen LogP contribution in [0.2, 0.25) is 0 Å². The molecular weight excluding hydrogens is 333 g/mol. The smallest absolute Gasteiger partial charge is 0.342 e. The van der Waals surface area contributed by atoms with E-state index in [9.17, 15) is 22.8 Å². The summed E-state index contributed by atoms with van der Waals surface area (Å²) >= 11 is 0. The molecule has 0 aliphatic carbocycles. The summed E-state index contributed by atoms with van der Waals surface area (Å²) in [4.78, 5) is 28.1. The minimum Gasteiger partial charge on any atom is -0.342 e. The summed E-state index contributed by atoms with van der Waals surface area (Å²) in [6.07, 6.45) is -2.22. The lowest BCUT2D eigenvalue weighted by Gasteiger charge is -2.32. The molecule has 2 aliphatic rings. The van der Waals surface area contributed by atoms with Gasteiger partial charge >= 0.3 is 6.18 Å². The van der Waals surface area contributed by atoms with Gasteiger partial charge in [0.2, 0.25) is 11.8 Å². The fraction of sp³-hybridized carbons (Fsp3) is 0.556. The van der Waals surface area contributed by atoms with Gasteiger partial charge in [0.1, 0.15) is 0 Å². The van der Waals surface area contributed by atoms with Gasteiger partial charge < -0.3 is 9.80 Å². The summed E-state index contributed by atoms with van der Waals surface area (Å²) in [7, 11) is 0. The van der Waals surface area contributed by atoms with E-state index in [0.29, 0.717) is 24.7 Å². The molecule has 2 fully saturated rings. The van der Waals surface area contributed by atoms with Gasteiger partial charge in [-0.15, -0.1) is 0 Å². The van der Waals surface area contributed by atoms with Gasteiger partial charge in [-0.05, 0) is 43.0 Å². The Kier molecular flexibility index (Phi) is 4.75. The molecule has 2 aliphatic heterocycles. The Morgan fingerprint density at radius 3 is 2.44 bits per heavy atom. The molecule has 2 atom stereocenters. The molecule has 0 bridgehead atoms. The maximum atomic E-state index is 12.7. The zero-order valence-corrected chi connectivity index (χ0v) is 14.1. The Hall–Kier alpha value is -2.05. The van der Waals surface area contributed by atoms with Crippen molar-refractivity contribution in [3.63, 3.8) is 0 Å². The third-order valence-electron chi connectivity index (χ3n) is 4.95. The van der Waals surface area contributed by atoms with Crippen LogP contribution in [0.25, 0.3) is 0 Å². The zero-order chi connectivity index (χ0) is 18.2. The molecule has 0 spiro atoms. The molecule has 2 saturated heterocycles. The second-order valence-electron chi connectivity index (χ2n) is 6.98. The first-order valence-electron chi connectivity index (χ1n) is 8.52.